The van der Waals surface area contributed by atoms with E-state index in [2.05, 4.69) is 19.4 Å². The lowest BCUT2D eigenvalue weighted by atomic mass is 10.1. The molecule has 2 rings (SSSR count). The first-order valence-corrected chi connectivity index (χ1v) is 6.42. The van der Waals surface area contributed by atoms with Gasteiger partial charge in [0.15, 0.2) is 5.69 Å². The number of rotatable bonds is 5. The first kappa shape index (κ1) is 15.6. The highest BCUT2D eigenvalue weighted by Crippen LogP contribution is 2.15. The number of benzene rings is 1. The number of aromatic nitrogens is 2. The minimum atomic E-state index is -0.229. The van der Waals surface area contributed by atoms with Gasteiger partial charge in [0.05, 0.1) is 17.9 Å². The molecule has 1 aromatic heterocycles. The number of amides is 1. The quantitative estimate of drug-likeness (QED) is 0.889. The van der Waals surface area contributed by atoms with Crippen LogP contribution in [-0.4, -0.2) is 21.2 Å². The lowest BCUT2D eigenvalue weighted by Crippen LogP contribution is -2.17. The molecular formula is C12H15ClN4OS. The minimum Gasteiger partial charge on any atom is -0.320 e. The first-order chi connectivity index (χ1) is 8.81. The van der Waals surface area contributed by atoms with Gasteiger partial charge in [0.2, 0.25) is 0 Å². The number of carbonyl (C=O) groups is 1. The van der Waals surface area contributed by atoms with Crippen molar-refractivity contribution in [1.29, 1.82) is 0 Å². The number of carbonyl (C=O) groups excluding carboxylic acids is 1. The SMILES string of the molecule is CCNCc1ccccc1NC(=O)c1cnsn1.Cl. The van der Waals surface area contributed by atoms with Crippen molar-refractivity contribution in [3.05, 3.63) is 41.7 Å². The molecule has 1 aromatic carbocycles. The third-order valence-electron chi connectivity index (χ3n) is 2.42. The largest absolute Gasteiger partial charge is 0.320 e. The third-order valence-corrected chi connectivity index (χ3v) is 2.90. The van der Waals surface area contributed by atoms with Crippen molar-refractivity contribution in [3.63, 3.8) is 0 Å². The molecular weight excluding hydrogens is 284 g/mol. The average molecular weight is 299 g/mol. The maximum Gasteiger partial charge on any atom is 0.277 e. The molecule has 7 heteroatoms. The molecule has 5 nitrogen and oxygen atoms in total. The van der Waals surface area contributed by atoms with Crippen LogP contribution in [0.2, 0.25) is 0 Å². The number of anilines is 1. The lowest BCUT2D eigenvalue weighted by molar-refractivity contribution is 0.102. The van der Waals surface area contributed by atoms with Crippen LogP contribution in [0.3, 0.4) is 0 Å². The summed E-state index contributed by atoms with van der Waals surface area (Å²) in [6, 6.07) is 7.71. The van der Waals surface area contributed by atoms with Gasteiger partial charge in [-0.05, 0) is 18.2 Å². The summed E-state index contributed by atoms with van der Waals surface area (Å²) in [5.41, 5.74) is 2.20. The van der Waals surface area contributed by atoms with Gasteiger partial charge in [0, 0.05) is 12.2 Å². The summed E-state index contributed by atoms with van der Waals surface area (Å²) in [6.07, 6.45) is 1.47. The molecule has 2 aromatic rings. The molecule has 0 unspecified atom stereocenters. The average Bonchev–Trinajstić information content (AvgIpc) is 2.91. The Kier molecular flexibility index (Phi) is 6.41. The van der Waals surface area contributed by atoms with E-state index in [1.54, 1.807) is 0 Å². The summed E-state index contributed by atoms with van der Waals surface area (Å²) < 4.78 is 7.72. The highest BCUT2D eigenvalue weighted by atomic mass is 35.5. The Morgan fingerprint density at radius 2 is 2.16 bits per heavy atom. The van der Waals surface area contributed by atoms with E-state index in [0.29, 0.717) is 5.69 Å². The van der Waals surface area contributed by atoms with E-state index in [-0.39, 0.29) is 18.3 Å². The molecule has 2 N–H and O–H groups in total. The molecule has 0 radical (unpaired) electrons. The zero-order chi connectivity index (χ0) is 12.8. The van der Waals surface area contributed by atoms with Gasteiger partial charge in [-0.25, -0.2) is 0 Å². The van der Waals surface area contributed by atoms with E-state index in [9.17, 15) is 4.79 Å². The van der Waals surface area contributed by atoms with Gasteiger partial charge in [-0.1, -0.05) is 25.1 Å². The number of nitrogens with one attached hydrogen (secondary N) is 2. The maximum absolute atomic E-state index is 11.9. The molecule has 1 heterocycles. The second kappa shape index (κ2) is 7.83. The van der Waals surface area contributed by atoms with Crippen LogP contribution in [0.4, 0.5) is 5.69 Å². The molecule has 0 fully saturated rings. The zero-order valence-electron chi connectivity index (χ0n) is 10.4. The Morgan fingerprint density at radius 1 is 1.37 bits per heavy atom. The van der Waals surface area contributed by atoms with Crippen molar-refractivity contribution in [1.82, 2.24) is 14.1 Å². The van der Waals surface area contributed by atoms with Crippen LogP contribution in [0, 0.1) is 0 Å². The van der Waals surface area contributed by atoms with Crippen molar-refractivity contribution in [3.8, 4) is 0 Å². The molecule has 0 saturated carbocycles. The molecule has 0 atom stereocenters. The molecule has 1 amide bonds. The predicted octanol–water partition coefficient (Wildman–Crippen LogP) is 2.32. The molecule has 0 aliphatic heterocycles. The summed E-state index contributed by atoms with van der Waals surface area (Å²) in [7, 11) is 0. The van der Waals surface area contributed by atoms with Crippen molar-refractivity contribution in [2.45, 2.75) is 13.5 Å². The van der Waals surface area contributed by atoms with Gasteiger partial charge in [0.1, 0.15) is 0 Å². The highest BCUT2D eigenvalue weighted by molar-refractivity contribution is 6.99. The fourth-order valence-electron chi connectivity index (χ4n) is 1.51. The second-order valence-corrected chi connectivity index (χ2v) is 4.24. The lowest BCUT2D eigenvalue weighted by Gasteiger charge is -2.10. The number of hydrogen-bond acceptors (Lipinski definition) is 5. The van der Waals surface area contributed by atoms with E-state index < -0.39 is 0 Å². The van der Waals surface area contributed by atoms with E-state index in [1.807, 2.05) is 31.2 Å². The normalized spacial score (nSPS) is 9.74. The molecule has 0 aliphatic carbocycles. The highest BCUT2D eigenvalue weighted by Gasteiger charge is 2.10. The van der Waals surface area contributed by atoms with Gasteiger partial charge >= 0.3 is 0 Å². The standard InChI is InChI=1S/C12H14N4OS.ClH/c1-2-13-7-9-5-3-4-6-10(9)15-12(17)11-8-14-18-16-11;/h3-6,8,13H,2,7H2,1H3,(H,15,17);1H. The summed E-state index contributed by atoms with van der Waals surface area (Å²) in [4.78, 5) is 11.9. The fraction of sp³-hybridized carbons (Fsp3) is 0.250. The Hall–Kier alpha value is -1.50. The van der Waals surface area contributed by atoms with Crippen LogP contribution < -0.4 is 10.6 Å². The number of para-hydroxylation sites is 1. The van der Waals surface area contributed by atoms with Gasteiger partial charge in [-0.15, -0.1) is 12.4 Å². The first-order valence-electron chi connectivity index (χ1n) is 5.68. The van der Waals surface area contributed by atoms with Gasteiger partial charge in [0.25, 0.3) is 5.91 Å². The summed E-state index contributed by atoms with van der Waals surface area (Å²) in [6.45, 7) is 3.66. The number of hydrogen-bond donors (Lipinski definition) is 2. The Bertz CT molecular complexity index is 518. The summed E-state index contributed by atoms with van der Waals surface area (Å²) >= 11 is 1.02. The van der Waals surface area contributed by atoms with Gasteiger partial charge in [-0.2, -0.15) is 8.75 Å². The van der Waals surface area contributed by atoms with Crippen molar-refractivity contribution >= 4 is 35.7 Å². The van der Waals surface area contributed by atoms with E-state index in [0.717, 1.165) is 36.1 Å². The van der Waals surface area contributed by atoms with Crippen LogP contribution >= 0.6 is 24.1 Å². The molecule has 0 aliphatic rings. The van der Waals surface area contributed by atoms with Crippen LogP contribution in [0.5, 0.6) is 0 Å². The van der Waals surface area contributed by atoms with E-state index in [4.69, 9.17) is 0 Å². The predicted molar refractivity (Wildman–Crippen MR) is 78.9 cm³/mol. The maximum atomic E-state index is 11.9. The van der Waals surface area contributed by atoms with E-state index in [1.165, 1.54) is 6.20 Å². The van der Waals surface area contributed by atoms with Gasteiger partial charge < -0.3 is 10.6 Å². The fourth-order valence-corrected chi connectivity index (χ4v) is 1.92. The van der Waals surface area contributed by atoms with E-state index >= 15 is 0 Å². The monoisotopic (exact) mass is 298 g/mol. The molecule has 19 heavy (non-hydrogen) atoms. The Balaban J connectivity index is 0.00000180. The van der Waals surface area contributed by atoms with Crippen LogP contribution in [0.15, 0.2) is 30.5 Å². The molecule has 0 saturated heterocycles. The summed E-state index contributed by atoms with van der Waals surface area (Å²) in [5.74, 6) is -0.229. The molecule has 102 valence electrons. The smallest absolute Gasteiger partial charge is 0.277 e. The number of nitrogens with zero attached hydrogens (tertiary/aromatic N) is 2. The Labute approximate surface area is 122 Å². The van der Waals surface area contributed by atoms with Crippen molar-refractivity contribution < 1.29 is 4.79 Å². The van der Waals surface area contributed by atoms with Gasteiger partial charge in [-0.3, -0.25) is 4.79 Å². The topological polar surface area (TPSA) is 66.9 Å². The number of halogens is 1. The Morgan fingerprint density at radius 3 is 2.84 bits per heavy atom. The minimum absolute atomic E-state index is 0. The van der Waals surface area contributed by atoms with Crippen LogP contribution in [-0.2, 0) is 6.54 Å². The zero-order valence-corrected chi connectivity index (χ0v) is 12.1. The van der Waals surface area contributed by atoms with Crippen LogP contribution in [0.25, 0.3) is 0 Å². The second-order valence-electron chi connectivity index (χ2n) is 3.68. The van der Waals surface area contributed by atoms with Crippen LogP contribution in [0.1, 0.15) is 23.0 Å². The molecule has 0 spiro atoms. The van der Waals surface area contributed by atoms with Crippen molar-refractivity contribution in [2.24, 2.45) is 0 Å². The third kappa shape index (κ3) is 4.27. The molecule has 0 bridgehead atoms. The summed E-state index contributed by atoms with van der Waals surface area (Å²) in [5, 5.41) is 6.08. The van der Waals surface area contributed by atoms with Crippen molar-refractivity contribution in [2.75, 3.05) is 11.9 Å².